The Morgan fingerprint density at radius 2 is 1.78 bits per heavy atom. The van der Waals surface area contributed by atoms with E-state index in [9.17, 15) is 14.0 Å². The SMILES string of the molecule is O=C(NC1CCc2nn(Cc3ccc(F)cc3)c(=O)n2CC1)C1(N2CCCC2)CCCC1. The molecule has 32 heavy (non-hydrogen) atoms. The maximum Gasteiger partial charge on any atom is 0.346 e. The largest absolute Gasteiger partial charge is 0.352 e. The molecule has 5 rings (SSSR count). The van der Waals surface area contributed by atoms with Gasteiger partial charge in [0.1, 0.15) is 17.2 Å². The van der Waals surface area contributed by atoms with Crippen molar-refractivity contribution in [3.05, 3.63) is 52.0 Å². The number of amides is 1. The lowest BCUT2D eigenvalue weighted by Gasteiger charge is -2.38. The summed E-state index contributed by atoms with van der Waals surface area (Å²) in [6.07, 6.45) is 8.71. The molecule has 0 radical (unpaired) electrons. The van der Waals surface area contributed by atoms with E-state index in [-0.39, 0.29) is 29.0 Å². The van der Waals surface area contributed by atoms with E-state index in [1.54, 1.807) is 16.7 Å². The average Bonchev–Trinajstić information content (AvgIpc) is 3.52. The monoisotopic (exact) mass is 441 g/mol. The molecule has 172 valence electrons. The van der Waals surface area contributed by atoms with Crippen LogP contribution in [-0.2, 0) is 24.3 Å². The highest BCUT2D eigenvalue weighted by Gasteiger charge is 2.47. The summed E-state index contributed by atoms with van der Waals surface area (Å²) in [6.45, 7) is 2.94. The standard InChI is InChI=1S/C24H32FN5O2/c25-19-7-5-18(6-8-19)17-30-23(32)29-16-11-20(9-10-21(29)27-30)26-22(31)24(12-1-2-13-24)28-14-3-4-15-28/h5-8,20H,1-4,9-17H2,(H,26,31). The molecule has 2 aromatic rings. The Labute approximate surface area is 187 Å². The molecule has 1 aromatic heterocycles. The summed E-state index contributed by atoms with van der Waals surface area (Å²) in [7, 11) is 0. The number of nitrogens with one attached hydrogen (secondary N) is 1. The van der Waals surface area contributed by atoms with Gasteiger partial charge in [0.25, 0.3) is 0 Å². The summed E-state index contributed by atoms with van der Waals surface area (Å²) in [5, 5.41) is 7.90. The van der Waals surface area contributed by atoms with Gasteiger partial charge >= 0.3 is 5.69 Å². The number of aromatic nitrogens is 3. The van der Waals surface area contributed by atoms with Gasteiger partial charge in [0, 0.05) is 19.0 Å². The van der Waals surface area contributed by atoms with Crippen LogP contribution in [0, 0.1) is 5.82 Å². The van der Waals surface area contributed by atoms with Crippen molar-refractivity contribution in [1.82, 2.24) is 24.6 Å². The van der Waals surface area contributed by atoms with Gasteiger partial charge in [-0.25, -0.2) is 13.9 Å². The van der Waals surface area contributed by atoms with Crippen LogP contribution in [0.3, 0.4) is 0 Å². The maximum atomic E-state index is 13.4. The Morgan fingerprint density at radius 3 is 2.50 bits per heavy atom. The fourth-order valence-electron chi connectivity index (χ4n) is 5.75. The molecule has 7 nitrogen and oxygen atoms in total. The number of benzene rings is 1. The number of likely N-dealkylation sites (tertiary alicyclic amines) is 1. The number of carbonyl (C=O) groups excluding carboxylic acids is 1. The van der Waals surface area contributed by atoms with E-state index in [4.69, 9.17) is 0 Å². The predicted molar refractivity (Wildman–Crippen MR) is 119 cm³/mol. The van der Waals surface area contributed by atoms with Gasteiger partial charge < -0.3 is 5.32 Å². The van der Waals surface area contributed by atoms with Crippen LogP contribution in [0.1, 0.15) is 62.8 Å². The molecule has 3 aliphatic rings. The van der Waals surface area contributed by atoms with E-state index >= 15 is 0 Å². The molecule has 1 unspecified atom stereocenters. The van der Waals surface area contributed by atoms with Crippen LogP contribution in [0.25, 0.3) is 0 Å². The van der Waals surface area contributed by atoms with Gasteiger partial charge in [0.2, 0.25) is 5.91 Å². The van der Waals surface area contributed by atoms with Gasteiger partial charge in [-0.2, -0.15) is 5.10 Å². The molecule has 8 heteroatoms. The predicted octanol–water partition coefficient (Wildman–Crippen LogP) is 2.46. The molecule has 1 aromatic carbocycles. The molecule has 1 aliphatic carbocycles. The summed E-state index contributed by atoms with van der Waals surface area (Å²) in [6, 6.07) is 6.21. The summed E-state index contributed by atoms with van der Waals surface area (Å²) in [5.41, 5.74) is 0.384. The highest BCUT2D eigenvalue weighted by molar-refractivity contribution is 5.87. The highest BCUT2D eigenvalue weighted by atomic mass is 19.1. The number of fused-ring (bicyclic) bond motifs is 1. The molecule has 1 atom stereocenters. The lowest BCUT2D eigenvalue weighted by Crippen LogP contribution is -2.58. The Bertz CT molecular complexity index is 1020. The second-order valence-corrected chi connectivity index (χ2v) is 9.57. The average molecular weight is 442 g/mol. The zero-order valence-electron chi connectivity index (χ0n) is 18.6. The third-order valence-corrected chi connectivity index (χ3v) is 7.56. The molecule has 2 aliphatic heterocycles. The first kappa shape index (κ1) is 21.4. The molecule has 1 saturated carbocycles. The third-order valence-electron chi connectivity index (χ3n) is 7.56. The fraction of sp³-hybridized carbons (Fsp3) is 0.625. The summed E-state index contributed by atoms with van der Waals surface area (Å²) < 4.78 is 16.4. The van der Waals surface area contributed by atoms with Crippen molar-refractivity contribution in [1.29, 1.82) is 0 Å². The van der Waals surface area contributed by atoms with Crippen LogP contribution in [0.15, 0.2) is 29.1 Å². The minimum Gasteiger partial charge on any atom is -0.352 e. The second kappa shape index (κ2) is 8.81. The van der Waals surface area contributed by atoms with E-state index in [1.807, 2.05) is 0 Å². The number of carbonyl (C=O) groups is 1. The van der Waals surface area contributed by atoms with Crippen molar-refractivity contribution in [2.75, 3.05) is 13.1 Å². The molecule has 1 saturated heterocycles. The van der Waals surface area contributed by atoms with Crippen molar-refractivity contribution in [3.63, 3.8) is 0 Å². The van der Waals surface area contributed by atoms with Crippen LogP contribution in [-0.4, -0.2) is 49.8 Å². The van der Waals surface area contributed by atoms with E-state index in [0.29, 0.717) is 19.5 Å². The van der Waals surface area contributed by atoms with E-state index in [2.05, 4.69) is 15.3 Å². The van der Waals surface area contributed by atoms with Crippen LogP contribution in [0.4, 0.5) is 4.39 Å². The van der Waals surface area contributed by atoms with Gasteiger partial charge in [-0.1, -0.05) is 25.0 Å². The highest BCUT2D eigenvalue weighted by Crippen LogP contribution is 2.38. The van der Waals surface area contributed by atoms with Crippen LogP contribution < -0.4 is 11.0 Å². The van der Waals surface area contributed by atoms with Gasteiger partial charge in [0.05, 0.1) is 6.54 Å². The molecule has 3 heterocycles. The van der Waals surface area contributed by atoms with Crippen molar-refractivity contribution in [3.8, 4) is 0 Å². The summed E-state index contributed by atoms with van der Waals surface area (Å²) >= 11 is 0. The lowest BCUT2D eigenvalue weighted by atomic mass is 9.93. The lowest BCUT2D eigenvalue weighted by molar-refractivity contribution is -0.133. The van der Waals surface area contributed by atoms with Gasteiger partial charge in [0.15, 0.2) is 0 Å². The van der Waals surface area contributed by atoms with Crippen molar-refractivity contribution in [2.24, 2.45) is 0 Å². The number of rotatable bonds is 5. The molecular weight excluding hydrogens is 409 g/mol. The quantitative estimate of drug-likeness (QED) is 0.774. The van der Waals surface area contributed by atoms with Crippen molar-refractivity contribution < 1.29 is 9.18 Å². The minimum absolute atomic E-state index is 0.0641. The minimum atomic E-state index is -0.321. The first-order chi connectivity index (χ1) is 15.5. The Hall–Kier alpha value is -2.48. The number of hydrogen-bond acceptors (Lipinski definition) is 4. The molecule has 0 spiro atoms. The van der Waals surface area contributed by atoms with Gasteiger partial charge in [-0.15, -0.1) is 0 Å². The van der Waals surface area contributed by atoms with E-state index in [0.717, 1.165) is 63.0 Å². The first-order valence-electron chi connectivity index (χ1n) is 12.0. The molecule has 1 amide bonds. The van der Waals surface area contributed by atoms with Crippen LogP contribution in [0.2, 0.25) is 0 Å². The van der Waals surface area contributed by atoms with Crippen LogP contribution >= 0.6 is 0 Å². The molecule has 2 fully saturated rings. The second-order valence-electron chi connectivity index (χ2n) is 9.57. The zero-order chi connectivity index (χ0) is 22.1. The van der Waals surface area contributed by atoms with Crippen molar-refractivity contribution in [2.45, 2.75) is 82.5 Å². The normalized spacial score (nSPS) is 23.1. The summed E-state index contributed by atoms with van der Waals surface area (Å²) in [5.74, 6) is 0.665. The smallest absolute Gasteiger partial charge is 0.346 e. The number of halogens is 1. The Kier molecular flexibility index (Phi) is 5.88. The Morgan fingerprint density at radius 1 is 1.06 bits per heavy atom. The summed E-state index contributed by atoms with van der Waals surface area (Å²) in [4.78, 5) is 28.7. The van der Waals surface area contributed by atoms with Gasteiger partial charge in [-0.3, -0.25) is 14.3 Å². The molecular formula is C24H32FN5O2. The fourth-order valence-corrected chi connectivity index (χ4v) is 5.75. The van der Waals surface area contributed by atoms with Crippen LogP contribution in [0.5, 0.6) is 0 Å². The molecule has 0 bridgehead atoms. The third kappa shape index (κ3) is 4.00. The topological polar surface area (TPSA) is 72.2 Å². The number of nitrogens with zero attached hydrogens (tertiary/aromatic N) is 4. The Balaban J connectivity index is 1.25. The van der Waals surface area contributed by atoms with E-state index < -0.39 is 0 Å². The van der Waals surface area contributed by atoms with Crippen molar-refractivity contribution >= 4 is 5.91 Å². The number of hydrogen-bond donors (Lipinski definition) is 1. The van der Waals surface area contributed by atoms with E-state index in [1.165, 1.54) is 29.7 Å². The molecule has 1 N–H and O–H groups in total. The first-order valence-corrected chi connectivity index (χ1v) is 12.0. The maximum absolute atomic E-state index is 13.4. The van der Waals surface area contributed by atoms with Gasteiger partial charge in [-0.05, 0) is 69.3 Å². The number of aryl methyl sites for hydroxylation is 1. The zero-order valence-corrected chi connectivity index (χ0v) is 18.6.